The van der Waals surface area contributed by atoms with Crippen molar-refractivity contribution >= 4 is 11.7 Å². The Morgan fingerprint density at radius 1 is 1.55 bits per heavy atom. The van der Waals surface area contributed by atoms with Crippen molar-refractivity contribution < 1.29 is 4.79 Å². The molecule has 0 spiro atoms. The van der Waals surface area contributed by atoms with Crippen molar-refractivity contribution in [3.05, 3.63) is 23.9 Å². The van der Waals surface area contributed by atoms with Gasteiger partial charge in [0.1, 0.15) is 5.82 Å². The summed E-state index contributed by atoms with van der Waals surface area (Å²) in [6.07, 6.45) is 3.88. The molecule has 1 N–H and O–H groups in total. The summed E-state index contributed by atoms with van der Waals surface area (Å²) < 4.78 is 0. The molecule has 0 aromatic carbocycles. The molecule has 20 heavy (non-hydrogen) atoms. The number of hydrogen-bond acceptors (Lipinski definition) is 4. The predicted molar refractivity (Wildman–Crippen MR) is 81.0 cm³/mol. The molecule has 1 unspecified atom stereocenters. The minimum Gasteiger partial charge on any atom is -0.370 e. The quantitative estimate of drug-likeness (QED) is 0.889. The van der Waals surface area contributed by atoms with Crippen molar-refractivity contribution in [1.82, 2.24) is 14.8 Å². The van der Waals surface area contributed by atoms with Crippen LogP contribution >= 0.6 is 0 Å². The number of carbonyl (C=O) groups is 1. The maximum Gasteiger partial charge on any atom is 0.254 e. The van der Waals surface area contributed by atoms with Crippen molar-refractivity contribution in [2.75, 3.05) is 39.0 Å². The Morgan fingerprint density at radius 3 is 3.05 bits per heavy atom. The molecule has 5 nitrogen and oxygen atoms in total. The van der Waals surface area contributed by atoms with Gasteiger partial charge in [-0.25, -0.2) is 4.98 Å². The SMILES string of the molecule is CCNc1cc(C(=O)N2CCCC2CN(C)C)ccn1. The van der Waals surface area contributed by atoms with E-state index in [1.54, 1.807) is 12.3 Å². The van der Waals surface area contributed by atoms with Gasteiger partial charge in [0.15, 0.2) is 0 Å². The van der Waals surface area contributed by atoms with Crippen LogP contribution in [0.15, 0.2) is 18.3 Å². The van der Waals surface area contributed by atoms with Crippen molar-refractivity contribution in [2.24, 2.45) is 0 Å². The van der Waals surface area contributed by atoms with Crippen molar-refractivity contribution in [3.63, 3.8) is 0 Å². The summed E-state index contributed by atoms with van der Waals surface area (Å²) in [5.74, 6) is 0.887. The Labute approximate surface area is 121 Å². The normalized spacial score (nSPS) is 18.6. The molecule has 1 amide bonds. The summed E-state index contributed by atoms with van der Waals surface area (Å²) in [6, 6.07) is 3.97. The molecule has 1 aromatic rings. The molecule has 1 fully saturated rings. The number of rotatable bonds is 5. The van der Waals surface area contributed by atoms with Gasteiger partial charge in [-0.15, -0.1) is 0 Å². The summed E-state index contributed by atoms with van der Waals surface area (Å²) in [5.41, 5.74) is 0.724. The Morgan fingerprint density at radius 2 is 2.35 bits per heavy atom. The van der Waals surface area contributed by atoms with E-state index < -0.39 is 0 Å². The molecule has 0 bridgehead atoms. The molecular formula is C15H24N4O. The lowest BCUT2D eigenvalue weighted by atomic mass is 10.2. The van der Waals surface area contributed by atoms with E-state index in [0.29, 0.717) is 6.04 Å². The van der Waals surface area contributed by atoms with Crippen LogP contribution in [0.2, 0.25) is 0 Å². The molecule has 1 aliphatic heterocycles. The highest BCUT2D eigenvalue weighted by molar-refractivity contribution is 5.95. The molecule has 2 rings (SSSR count). The van der Waals surface area contributed by atoms with Crippen LogP contribution in [0, 0.1) is 0 Å². The van der Waals surface area contributed by atoms with Crippen LogP contribution in [0.3, 0.4) is 0 Å². The average Bonchev–Trinajstić information content (AvgIpc) is 2.86. The predicted octanol–water partition coefficient (Wildman–Crippen LogP) is 1.68. The fourth-order valence-corrected chi connectivity index (χ4v) is 2.72. The summed E-state index contributed by atoms with van der Waals surface area (Å²) in [4.78, 5) is 21.0. The van der Waals surface area contributed by atoms with Gasteiger partial charge in [-0.3, -0.25) is 4.79 Å². The molecule has 2 heterocycles. The van der Waals surface area contributed by atoms with Crippen LogP contribution < -0.4 is 5.32 Å². The topological polar surface area (TPSA) is 48.5 Å². The molecule has 1 aromatic heterocycles. The number of likely N-dealkylation sites (N-methyl/N-ethyl adjacent to an activating group) is 1. The van der Waals surface area contributed by atoms with Crippen molar-refractivity contribution in [1.29, 1.82) is 0 Å². The van der Waals surface area contributed by atoms with E-state index in [0.717, 1.165) is 43.9 Å². The average molecular weight is 276 g/mol. The maximum absolute atomic E-state index is 12.6. The van der Waals surface area contributed by atoms with Crippen LogP contribution in [0.25, 0.3) is 0 Å². The monoisotopic (exact) mass is 276 g/mol. The minimum absolute atomic E-state index is 0.121. The first-order valence-corrected chi connectivity index (χ1v) is 7.27. The van der Waals surface area contributed by atoms with Crippen LogP contribution in [0.1, 0.15) is 30.1 Å². The molecule has 1 atom stereocenters. The van der Waals surface area contributed by atoms with E-state index in [2.05, 4.69) is 29.3 Å². The van der Waals surface area contributed by atoms with E-state index in [-0.39, 0.29) is 5.91 Å². The first kappa shape index (κ1) is 14.8. The van der Waals surface area contributed by atoms with Gasteiger partial charge < -0.3 is 15.1 Å². The van der Waals surface area contributed by atoms with E-state index in [1.807, 2.05) is 17.9 Å². The Balaban J connectivity index is 2.11. The van der Waals surface area contributed by atoms with Gasteiger partial charge in [-0.1, -0.05) is 0 Å². The number of likely N-dealkylation sites (tertiary alicyclic amines) is 1. The number of pyridine rings is 1. The van der Waals surface area contributed by atoms with Crippen molar-refractivity contribution in [3.8, 4) is 0 Å². The molecule has 5 heteroatoms. The third-order valence-corrected chi connectivity index (χ3v) is 3.58. The third-order valence-electron chi connectivity index (χ3n) is 3.58. The standard InChI is InChI=1S/C15H24N4O/c1-4-16-14-10-12(7-8-17-14)15(20)19-9-5-6-13(19)11-18(2)3/h7-8,10,13H,4-6,9,11H2,1-3H3,(H,16,17). The highest BCUT2D eigenvalue weighted by Gasteiger charge is 2.29. The van der Waals surface area contributed by atoms with Crippen molar-refractivity contribution in [2.45, 2.75) is 25.8 Å². The smallest absolute Gasteiger partial charge is 0.254 e. The summed E-state index contributed by atoms with van der Waals surface area (Å²) in [5, 5.41) is 3.15. The lowest BCUT2D eigenvalue weighted by Crippen LogP contribution is -2.41. The summed E-state index contributed by atoms with van der Waals surface area (Å²) >= 11 is 0. The van der Waals surface area contributed by atoms with Gasteiger partial charge in [0.25, 0.3) is 5.91 Å². The van der Waals surface area contributed by atoms with Gasteiger partial charge >= 0.3 is 0 Å². The van der Waals surface area contributed by atoms with Gasteiger partial charge in [-0.05, 0) is 46.0 Å². The van der Waals surface area contributed by atoms with Crippen LogP contribution in [0.4, 0.5) is 5.82 Å². The molecule has 0 radical (unpaired) electrons. The summed E-state index contributed by atoms with van der Waals surface area (Å²) in [6.45, 7) is 4.61. The second-order valence-electron chi connectivity index (χ2n) is 5.52. The number of nitrogens with one attached hydrogen (secondary N) is 1. The van der Waals surface area contributed by atoms with Gasteiger partial charge in [0, 0.05) is 37.4 Å². The highest BCUT2D eigenvalue weighted by atomic mass is 16.2. The lowest BCUT2D eigenvalue weighted by Gasteiger charge is -2.27. The highest BCUT2D eigenvalue weighted by Crippen LogP contribution is 2.21. The Kier molecular flexibility index (Phi) is 4.95. The lowest BCUT2D eigenvalue weighted by molar-refractivity contribution is 0.0716. The minimum atomic E-state index is 0.121. The van der Waals surface area contributed by atoms with E-state index in [9.17, 15) is 4.79 Å². The first-order chi connectivity index (χ1) is 9.61. The maximum atomic E-state index is 12.6. The molecule has 0 saturated carbocycles. The van der Waals surface area contributed by atoms with Crippen LogP contribution in [0.5, 0.6) is 0 Å². The fourth-order valence-electron chi connectivity index (χ4n) is 2.72. The number of carbonyl (C=O) groups excluding carboxylic acids is 1. The molecular weight excluding hydrogens is 252 g/mol. The zero-order chi connectivity index (χ0) is 14.5. The Bertz CT molecular complexity index is 461. The second-order valence-corrected chi connectivity index (χ2v) is 5.52. The number of nitrogens with zero attached hydrogens (tertiary/aromatic N) is 3. The van der Waals surface area contributed by atoms with Gasteiger partial charge in [-0.2, -0.15) is 0 Å². The number of hydrogen-bond donors (Lipinski definition) is 1. The number of anilines is 1. The molecule has 110 valence electrons. The van der Waals surface area contributed by atoms with Gasteiger partial charge in [0.2, 0.25) is 0 Å². The first-order valence-electron chi connectivity index (χ1n) is 7.27. The van der Waals surface area contributed by atoms with Crippen LogP contribution in [-0.4, -0.2) is 60.5 Å². The van der Waals surface area contributed by atoms with Gasteiger partial charge in [0.05, 0.1) is 0 Å². The van der Waals surface area contributed by atoms with Crippen LogP contribution in [-0.2, 0) is 0 Å². The van der Waals surface area contributed by atoms with E-state index in [4.69, 9.17) is 0 Å². The zero-order valence-electron chi connectivity index (χ0n) is 12.6. The number of amides is 1. The molecule has 1 saturated heterocycles. The zero-order valence-corrected chi connectivity index (χ0v) is 12.6. The fraction of sp³-hybridized carbons (Fsp3) is 0.600. The van der Waals surface area contributed by atoms with E-state index >= 15 is 0 Å². The summed E-state index contributed by atoms with van der Waals surface area (Å²) in [7, 11) is 4.10. The largest absolute Gasteiger partial charge is 0.370 e. The third kappa shape index (κ3) is 3.48. The molecule has 1 aliphatic rings. The number of aromatic nitrogens is 1. The second kappa shape index (κ2) is 6.70. The Hall–Kier alpha value is -1.62. The molecule has 0 aliphatic carbocycles. The van der Waals surface area contributed by atoms with E-state index in [1.165, 1.54) is 0 Å².